The summed E-state index contributed by atoms with van der Waals surface area (Å²) >= 11 is 0. The van der Waals surface area contributed by atoms with Crippen LogP contribution in [0.15, 0.2) is 237 Å². The molecule has 57 heavy (non-hydrogen) atoms. The largest absolute Gasteiger partial charge is 0.310 e. The topological polar surface area (TPSA) is 3.24 Å². The normalized spacial score (nSPS) is 11.2. The molecule has 268 valence electrons. The lowest BCUT2D eigenvalue weighted by molar-refractivity contribution is 1.30. The van der Waals surface area contributed by atoms with Gasteiger partial charge in [-0.1, -0.05) is 182 Å². The van der Waals surface area contributed by atoms with Crippen LogP contribution in [-0.2, 0) is 0 Å². The van der Waals surface area contributed by atoms with Crippen molar-refractivity contribution < 1.29 is 0 Å². The Bertz CT molecular complexity index is 2910. The van der Waals surface area contributed by atoms with Crippen molar-refractivity contribution in [2.75, 3.05) is 4.90 Å². The third-order valence-corrected chi connectivity index (χ3v) is 11.0. The van der Waals surface area contributed by atoms with Gasteiger partial charge in [-0.05, 0) is 126 Å². The average molecular weight is 726 g/mol. The van der Waals surface area contributed by atoms with Gasteiger partial charge in [0.25, 0.3) is 0 Å². The number of benzene rings is 10. The second-order valence-electron chi connectivity index (χ2n) is 14.6. The van der Waals surface area contributed by atoms with Gasteiger partial charge in [-0.15, -0.1) is 0 Å². The van der Waals surface area contributed by atoms with Gasteiger partial charge in [0.1, 0.15) is 0 Å². The van der Waals surface area contributed by atoms with Crippen molar-refractivity contribution in [1.29, 1.82) is 0 Å². The summed E-state index contributed by atoms with van der Waals surface area (Å²) in [6.45, 7) is 0. The van der Waals surface area contributed by atoms with Crippen LogP contribution in [0.2, 0.25) is 0 Å². The van der Waals surface area contributed by atoms with Gasteiger partial charge in [0.05, 0.1) is 5.69 Å². The minimum Gasteiger partial charge on any atom is -0.310 e. The molecule has 1 nitrogen and oxygen atoms in total. The highest BCUT2D eigenvalue weighted by Gasteiger charge is 2.18. The molecule has 0 amide bonds. The van der Waals surface area contributed by atoms with E-state index < -0.39 is 0 Å². The summed E-state index contributed by atoms with van der Waals surface area (Å²) in [5.41, 5.74) is 15.3. The SMILES string of the molecule is c1ccc(-c2cccc(-c3ccc(N(c4ccc(-c5cc(-c6ccccc6)cc(-c6ccccc6)c5)cc4)c4cc5ccccc5c5ccccc45)cc3)c2)cc1. The van der Waals surface area contributed by atoms with Gasteiger partial charge in [0.15, 0.2) is 0 Å². The maximum Gasteiger partial charge on any atom is 0.0546 e. The minimum absolute atomic E-state index is 1.10. The minimum atomic E-state index is 1.10. The zero-order valence-electron chi connectivity index (χ0n) is 31.5. The van der Waals surface area contributed by atoms with Crippen molar-refractivity contribution in [1.82, 2.24) is 0 Å². The molecule has 0 aliphatic heterocycles. The molecule has 0 aliphatic rings. The van der Waals surface area contributed by atoms with Crippen LogP contribution in [-0.4, -0.2) is 0 Å². The van der Waals surface area contributed by atoms with Crippen LogP contribution in [0.1, 0.15) is 0 Å². The Morgan fingerprint density at radius 1 is 0.211 bits per heavy atom. The van der Waals surface area contributed by atoms with Crippen LogP contribution >= 0.6 is 0 Å². The van der Waals surface area contributed by atoms with Crippen molar-refractivity contribution in [3.8, 4) is 55.6 Å². The molecule has 0 aliphatic carbocycles. The standard InChI is InChI=1S/C56H39N/c1-4-15-40(16-5-1)45-22-14-23-46(35-45)43-27-31-51(32-28-43)57(56-39-47-21-10-11-24-53(47)54-25-12-13-26-55(54)56)52-33-29-44(30-34-52)50-37-48(41-17-6-2-7-18-41)36-49(38-50)42-19-8-3-9-20-42/h1-39H. The number of rotatable bonds is 8. The molecule has 10 aromatic carbocycles. The summed E-state index contributed by atoms with van der Waals surface area (Å²) in [5.74, 6) is 0. The fourth-order valence-corrected chi connectivity index (χ4v) is 8.15. The highest BCUT2D eigenvalue weighted by atomic mass is 15.1. The van der Waals surface area contributed by atoms with Crippen molar-refractivity contribution >= 4 is 38.6 Å². The quantitative estimate of drug-likeness (QED) is 0.141. The maximum absolute atomic E-state index is 2.42. The van der Waals surface area contributed by atoms with Gasteiger partial charge in [0.2, 0.25) is 0 Å². The summed E-state index contributed by atoms with van der Waals surface area (Å²) in [4.78, 5) is 2.42. The van der Waals surface area contributed by atoms with Gasteiger partial charge >= 0.3 is 0 Å². The third kappa shape index (κ3) is 6.77. The van der Waals surface area contributed by atoms with E-state index in [1.807, 2.05) is 0 Å². The average Bonchev–Trinajstić information content (AvgIpc) is 3.30. The first-order chi connectivity index (χ1) is 28.2. The number of fused-ring (bicyclic) bond motifs is 3. The van der Waals surface area contributed by atoms with E-state index in [1.54, 1.807) is 0 Å². The van der Waals surface area contributed by atoms with Gasteiger partial charge in [-0.25, -0.2) is 0 Å². The van der Waals surface area contributed by atoms with E-state index in [1.165, 1.54) is 77.2 Å². The first kappa shape index (κ1) is 34.0. The molecule has 0 radical (unpaired) electrons. The molecule has 10 rings (SSSR count). The zero-order chi connectivity index (χ0) is 38.0. The Kier molecular flexibility index (Phi) is 8.95. The van der Waals surface area contributed by atoms with Crippen molar-refractivity contribution in [2.24, 2.45) is 0 Å². The zero-order valence-corrected chi connectivity index (χ0v) is 31.5. The highest BCUT2D eigenvalue weighted by molar-refractivity contribution is 6.14. The van der Waals surface area contributed by atoms with Gasteiger partial charge in [-0.3, -0.25) is 0 Å². The molecular formula is C56H39N. The first-order valence-electron chi connectivity index (χ1n) is 19.6. The Hall–Kier alpha value is -7.48. The molecule has 1 heteroatoms. The Morgan fingerprint density at radius 2 is 0.561 bits per heavy atom. The second-order valence-corrected chi connectivity index (χ2v) is 14.6. The van der Waals surface area contributed by atoms with Crippen LogP contribution in [0.4, 0.5) is 17.1 Å². The van der Waals surface area contributed by atoms with Crippen LogP contribution in [0.3, 0.4) is 0 Å². The molecule has 0 unspecified atom stereocenters. The van der Waals surface area contributed by atoms with Crippen molar-refractivity contribution in [3.63, 3.8) is 0 Å². The first-order valence-corrected chi connectivity index (χ1v) is 19.6. The maximum atomic E-state index is 2.42. The molecule has 0 saturated heterocycles. The predicted molar refractivity (Wildman–Crippen MR) is 243 cm³/mol. The van der Waals surface area contributed by atoms with Gasteiger partial charge in [-0.2, -0.15) is 0 Å². The molecule has 0 fully saturated rings. The smallest absolute Gasteiger partial charge is 0.0546 e. The Balaban J connectivity index is 1.09. The molecule has 0 saturated carbocycles. The Morgan fingerprint density at radius 3 is 1.07 bits per heavy atom. The monoisotopic (exact) mass is 725 g/mol. The molecule has 0 spiro atoms. The van der Waals surface area contributed by atoms with E-state index in [4.69, 9.17) is 0 Å². The second kappa shape index (κ2) is 15.0. The van der Waals surface area contributed by atoms with Crippen molar-refractivity contribution in [3.05, 3.63) is 237 Å². The number of hydrogen-bond acceptors (Lipinski definition) is 1. The van der Waals surface area contributed by atoms with E-state index in [9.17, 15) is 0 Å². The summed E-state index contributed by atoms with van der Waals surface area (Å²) < 4.78 is 0. The van der Waals surface area contributed by atoms with E-state index in [-0.39, 0.29) is 0 Å². The predicted octanol–water partition coefficient (Wildman–Crippen LogP) is 15.8. The van der Waals surface area contributed by atoms with Crippen LogP contribution < -0.4 is 4.90 Å². The fraction of sp³-hybridized carbons (Fsp3) is 0. The lowest BCUT2D eigenvalue weighted by Gasteiger charge is -2.28. The van der Waals surface area contributed by atoms with Gasteiger partial charge < -0.3 is 4.90 Å². The molecule has 0 aromatic heterocycles. The lowest BCUT2D eigenvalue weighted by Crippen LogP contribution is -2.10. The summed E-state index contributed by atoms with van der Waals surface area (Å²) in [7, 11) is 0. The highest BCUT2D eigenvalue weighted by Crippen LogP contribution is 2.43. The van der Waals surface area contributed by atoms with E-state index in [0.29, 0.717) is 0 Å². The molecule has 0 N–H and O–H groups in total. The molecular weight excluding hydrogens is 687 g/mol. The van der Waals surface area contributed by atoms with Crippen LogP contribution in [0.25, 0.3) is 77.2 Å². The Labute approximate surface area is 334 Å². The van der Waals surface area contributed by atoms with E-state index >= 15 is 0 Å². The van der Waals surface area contributed by atoms with Crippen molar-refractivity contribution in [2.45, 2.75) is 0 Å². The number of anilines is 3. The fourth-order valence-electron chi connectivity index (χ4n) is 8.15. The number of hydrogen-bond donors (Lipinski definition) is 0. The molecule has 0 atom stereocenters. The van der Waals surface area contributed by atoms with Crippen LogP contribution in [0, 0.1) is 0 Å². The number of nitrogens with zero attached hydrogens (tertiary/aromatic N) is 1. The summed E-state index contributed by atoms with van der Waals surface area (Å²) in [6.07, 6.45) is 0. The molecule has 0 heterocycles. The van der Waals surface area contributed by atoms with E-state index in [2.05, 4.69) is 241 Å². The van der Waals surface area contributed by atoms with E-state index in [0.717, 1.165) is 17.1 Å². The third-order valence-electron chi connectivity index (χ3n) is 11.0. The summed E-state index contributed by atoms with van der Waals surface area (Å²) in [5, 5.41) is 4.93. The summed E-state index contributed by atoms with van der Waals surface area (Å²) in [6, 6.07) is 85.7. The lowest BCUT2D eigenvalue weighted by atomic mass is 9.93. The van der Waals surface area contributed by atoms with Gasteiger partial charge in [0, 0.05) is 16.8 Å². The van der Waals surface area contributed by atoms with Crippen LogP contribution in [0.5, 0.6) is 0 Å². The molecule has 10 aromatic rings. The molecule has 0 bridgehead atoms.